The van der Waals surface area contributed by atoms with Gasteiger partial charge in [0.05, 0.1) is 32.2 Å². The normalized spacial score (nSPS) is 12.9. The quantitative estimate of drug-likeness (QED) is 0.445. The van der Waals surface area contributed by atoms with Crippen LogP contribution in [0.2, 0.25) is 0 Å². The van der Waals surface area contributed by atoms with Crippen molar-refractivity contribution >= 4 is 17.9 Å². The summed E-state index contributed by atoms with van der Waals surface area (Å²) in [7, 11) is -7.29. The monoisotopic (exact) mass is 290 g/mol. The molecule has 0 atom stereocenters. The van der Waals surface area contributed by atoms with Crippen LogP contribution in [0.3, 0.4) is 0 Å². The maximum atomic E-state index is 11.8. The van der Waals surface area contributed by atoms with Crippen molar-refractivity contribution in [2.45, 2.75) is 20.8 Å². The zero-order valence-electron chi connectivity index (χ0n) is 10.2. The Kier molecular flexibility index (Phi) is 8.19. The van der Waals surface area contributed by atoms with E-state index in [0.717, 1.165) is 0 Å². The van der Waals surface area contributed by atoms with E-state index in [2.05, 4.69) is 4.18 Å². The molecule has 0 radical (unpaired) electrons. The van der Waals surface area contributed by atoms with Gasteiger partial charge in [-0.3, -0.25) is 17.8 Å². The summed E-state index contributed by atoms with van der Waals surface area (Å²) in [6, 6.07) is 0. The second-order valence-electron chi connectivity index (χ2n) is 2.78. The molecule has 9 heteroatoms. The van der Waals surface area contributed by atoms with Gasteiger partial charge in [-0.15, -0.1) is 0 Å². The third-order valence-electron chi connectivity index (χ3n) is 1.45. The Morgan fingerprint density at radius 1 is 0.941 bits per heavy atom. The van der Waals surface area contributed by atoms with Gasteiger partial charge < -0.3 is 0 Å². The topological polar surface area (TPSA) is 88.1 Å². The highest BCUT2D eigenvalue weighted by Gasteiger charge is 2.26. The van der Waals surface area contributed by atoms with E-state index < -0.39 is 23.7 Å². The molecule has 0 rings (SSSR count). The van der Waals surface area contributed by atoms with Gasteiger partial charge in [-0.2, -0.15) is 8.42 Å². The van der Waals surface area contributed by atoms with Crippen LogP contribution in [0.25, 0.3) is 0 Å². The molecule has 0 amide bonds. The minimum absolute atomic E-state index is 0.0525. The fourth-order valence-electron chi connectivity index (χ4n) is 0.918. The number of phosphoric acid groups is 1. The molecule has 0 aromatic rings. The lowest BCUT2D eigenvalue weighted by Crippen LogP contribution is -2.15. The molecule has 0 aliphatic heterocycles. The number of hydrogen-bond donors (Lipinski definition) is 0. The average Bonchev–Trinajstić information content (AvgIpc) is 2.17. The first-order valence-electron chi connectivity index (χ1n) is 5.29. The van der Waals surface area contributed by atoms with Crippen LogP contribution in [-0.2, 0) is 32.4 Å². The van der Waals surface area contributed by atoms with E-state index in [1.165, 1.54) is 0 Å². The van der Waals surface area contributed by atoms with Crippen LogP contribution in [0.1, 0.15) is 20.8 Å². The molecule has 0 aliphatic carbocycles. The van der Waals surface area contributed by atoms with E-state index in [1.807, 2.05) is 0 Å². The van der Waals surface area contributed by atoms with Gasteiger partial charge in [0.1, 0.15) is 0 Å². The van der Waals surface area contributed by atoms with Gasteiger partial charge >= 0.3 is 7.82 Å². The highest BCUT2D eigenvalue weighted by atomic mass is 32.2. The van der Waals surface area contributed by atoms with E-state index in [0.29, 0.717) is 0 Å². The van der Waals surface area contributed by atoms with Crippen molar-refractivity contribution in [2.75, 3.05) is 32.2 Å². The van der Waals surface area contributed by atoms with E-state index in [4.69, 9.17) is 13.6 Å². The molecule has 0 fully saturated rings. The van der Waals surface area contributed by atoms with Crippen LogP contribution in [-0.4, -0.2) is 40.6 Å². The lowest BCUT2D eigenvalue weighted by molar-refractivity contribution is 0.126. The molecule has 0 aromatic heterocycles. The Bertz CT molecular complexity index is 330. The Morgan fingerprint density at radius 2 is 1.47 bits per heavy atom. The molecule has 0 aromatic carbocycles. The maximum Gasteiger partial charge on any atom is 0.474 e. The minimum atomic E-state index is -3.64. The summed E-state index contributed by atoms with van der Waals surface area (Å²) in [5.74, 6) is -0.398. The highest BCUT2D eigenvalue weighted by Crippen LogP contribution is 2.48. The average molecular weight is 290 g/mol. The fourth-order valence-corrected chi connectivity index (χ4v) is 2.98. The molecule has 0 bridgehead atoms. The zero-order chi connectivity index (χ0) is 13.4. The zero-order valence-corrected chi connectivity index (χ0v) is 12.0. The lowest BCUT2D eigenvalue weighted by atomic mass is 10.9. The number of rotatable bonds is 10. The van der Waals surface area contributed by atoms with Crippen LogP contribution in [0.5, 0.6) is 0 Å². The van der Waals surface area contributed by atoms with E-state index in [9.17, 15) is 13.0 Å². The fraction of sp³-hybridized carbons (Fsp3) is 1.00. The van der Waals surface area contributed by atoms with Gasteiger partial charge in [0.25, 0.3) is 10.1 Å². The smallest absolute Gasteiger partial charge is 0.287 e. The minimum Gasteiger partial charge on any atom is -0.287 e. The van der Waals surface area contributed by atoms with Crippen LogP contribution in [0, 0.1) is 0 Å². The van der Waals surface area contributed by atoms with Gasteiger partial charge in [0, 0.05) is 0 Å². The number of hydrogen-bond acceptors (Lipinski definition) is 7. The van der Waals surface area contributed by atoms with Gasteiger partial charge in [-0.05, 0) is 20.8 Å². The Labute approximate surface area is 102 Å². The van der Waals surface area contributed by atoms with Gasteiger partial charge in [-0.1, -0.05) is 0 Å². The van der Waals surface area contributed by atoms with Crippen molar-refractivity contribution in [2.24, 2.45) is 0 Å². The maximum absolute atomic E-state index is 11.8. The molecule has 0 heterocycles. The van der Waals surface area contributed by atoms with Gasteiger partial charge in [0.2, 0.25) is 0 Å². The van der Waals surface area contributed by atoms with Crippen LogP contribution in [0.15, 0.2) is 0 Å². The SMILES string of the molecule is CCOP(=O)(OCC)OCCS(=O)(=O)OCC. The first-order chi connectivity index (χ1) is 7.89. The summed E-state index contributed by atoms with van der Waals surface area (Å²) in [6.07, 6.45) is 0. The Balaban J connectivity index is 4.19. The Morgan fingerprint density at radius 3 is 1.88 bits per heavy atom. The first-order valence-corrected chi connectivity index (χ1v) is 8.33. The van der Waals surface area contributed by atoms with Crippen molar-refractivity contribution in [3.63, 3.8) is 0 Å². The summed E-state index contributed by atoms with van der Waals surface area (Å²) >= 11 is 0. The largest absolute Gasteiger partial charge is 0.474 e. The summed E-state index contributed by atoms with van der Waals surface area (Å²) in [5, 5.41) is 0. The van der Waals surface area contributed by atoms with E-state index in [1.54, 1.807) is 20.8 Å². The second-order valence-corrected chi connectivity index (χ2v) is 6.21. The summed E-state index contributed by atoms with van der Waals surface area (Å²) in [4.78, 5) is 0. The lowest BCUT2D eigenvalue weighted by Gasteiger charge is -2.16. The van der Waals surface area contributed by atoms with E-state index >= 15 is 0 Å². The molecule has 0 saturated heterocycles. The molecule has 17 heavy (non-hydrogen) atoms. The van der Waals surface area contributed by atoms with Gasteiger partial charge in [0.15, 0.2) is 0 Å². The molecular weight excluding hydrogens is 271 g/mol. The van der Waals surface area contributed by atoms with Crippen LogP contribution < -0.4 is 0 Å². The molecular formula is C8H19O7PS. The molecule has 0 spiro atoms. The number of phosphoric ester groups is 1. The second kappa shape index (κ2) is 8.18. The third-order valence-corrected chi connectivity index (χ3v) is 4.36. The van der Waals surface area contributed by atoms with Crippen molar-refractivity contribution < 1.29 is 30.7 Å². The van der Waals surface area contributed by atoms with Crippen molar-refractivity contribution in [1.29, 1.82) is 0 Å². The summed E-state index contributed by atoms with van der Waals surface area (Å²) < 4.78 is 53.0. The molecule has 7 nitrogen and oxygen atoms in total. The molecule has 0 aliphatic rings. The molecule has 0 saturated carbocycles. The van der Waals surface area contributed by atoms with Crippen LogP contribution >= 0.6 is 7.82 Å². The Hall–Kier alpha value is 0.0200. The van der Waals surface area contributed by atoms with E-state index in [-0.39, 0.29) is 26.4 Å². The van der Waals surface area contributed by atoms with Gasteiger partial charge in [-0.25, -0.2) is 4.57 Å². The highest BCUT2D eigenvalue weighted by molar-refractivity contribution is 7.86. The van der Waals surface area contributed by atoms with Crippen molar-refractivity contribution in [1.82, 2.24) is 0 Å². The molecule has 104 valence electrons. The predicted octanol–water partition coefficient (Wildman–Crippen LogP) is 1.55. The van der Waals surface area contributed by atoms with Crippen LogP contribution in [0.4, 0.5) is 0 Å². The first kappa shape index (κ1) is 17.0. The predicted molar refractivity (Wildman–Crippen MR) is 62.2 cm³/mol. The third kappa shape index (κ3) is 7.86. The molecule has 0 N–H and O–H groups in total. The standard InChI is InChI=1S/C8H19O7PS/c1-4-12-16(9,13-5-2)14-7-8-17(10,11)15-6-3/h4-8H2,1-3H3. The summed E-state index contributed by atoms with van der Waals surface area (Å²) in [5.41, 5.74) is 0. The van der Waals surface area contributed by atoms with Crippen molar-refractivity contribution in [3.05, 3.63) is 0 Å². The molecule has 0 unspecified atom stereocenters. The van der Waals surface area contributed by atoms with Crippen molar-refractivity contribution in [3.8, 4) is 0 Å². The summed E-state index contributed by atoms with van der Waals surface area (Å²) in [6.45, 7) is 4.86.